The second kappa shape index (κ2) is 8.49. The van der Waals surface area contributed by atoms with Crippen LogP contribution in [-0.4, -0.2) is 101 Å². The first-order valence-corrected chi connectivity index (χ1v) is 10.5. The van der Waals surface area contributed by atoms with Gasteiger partial charge in [-0.1, -0.05) is 0 Å². The summed E-state index contributed by atoms with van der Waals surface area (Å²) < 4.78 is 8.01. The lowest BCUT2D eigenvalue weighted by Crippen LogP contribution is -2.55. The van der Waals surface area contributed by atoms with Gasteiger partial charge in [0.2, 0.25) is 5.91 Å². The monoisotopic (exact) mass is 391 g/mol. The van der Waals surface area contributed by atoms with Gasteiger partial charge < -0.3 is 19.6 Å². The van der Waals surface area contributed by atoms with E-state index in [1.165, 1.54) is 0 Å². The third-order valence-electron chi connectivity index (χ3n) is 6.41. The van der Waals surface area contributed by atoms with Gasteiger partial charge >= 0.3 is 0 Å². The normalized spacial score (nSPS) is 32.8. The van der Waals surface area contributed by atoms with Crippen molar-refractivity contribution in [3.8, 4) is 0 Å². The van der Waals surface area contributed by atoms with Gasteiger partial charge in [-0.15, -0.1) is 0 Å². The van der Waals surface area contributed by atoms with E-state index < -0.39 is 0 Å². The SMILES string of the molecule is CN1CCCN(C[C@@H]2OCCN(C(=O)C3CC(O)C3)[C@H]2c2cnn(C)c2)CC1. The van der Waals surface area contributed by atoms with E-state index in [0.717, 1.165) is 44.7 Å². The highest BCUT2D eigenvalue weighted by atomic mass is 16.5. The fourth-order valence-corrected chi connectivity index (χ4v) is 4.68. The molecule has 28 heavy (non-hydrogen) atoms. The number of ether oxygens (including phenoxy) is 1. The number of aliphatic hydroxyl groups is 1. The van der Waals surface area contributed by atoms with Gasteiger partial charge in [0.15, 0.2) is 0 Å². The van der Waals surface area contributed by atoms with Crippen LogP contribution in [0.4, 0.5) is 0 Å². The first kappa shape index (κ1) is 19.8. The molecule has 3 heterocycles. The van der Waals surface area contributed by atoms with Crippen molar-refractivity contribution in [3.05, 3.63) is 18.0 Å². The van der Waals surface area contributed by atoms with Crippen molar-refractivity contribution in [2.75, 3.05) is 52.9 Å². The molecule has 0 radical (unpaired) electrons. The van der Waals surface area contributed by atoms with Crippen LogP contribution in [0.2, 0.25) is 0 Å². The van der Waals surface area contributed by atoms with Crippen LogP contribution >= 0.6 is 0 Å². The maximum Gasteiger partial charge on any atom is 0.226 e. The van der Waals surface area contributed by atoms with Crippen molar-refractivity contribution in [3.63, 3.8) is 0 Å². The van der Waals surface area contributed by atoms with E-state index in [1.807, 2.05) is 24.3 Å². The fraction of sp³-hybridized carbons (Fsp3) is 0.800. The number of likely N-dealkylation sites (N-methyl/N-ethyl adjacent to an activating group) is 1. The molecule has 1 aromatic rings. The van der Waals surface area contributed by atoms with E-state index in [4.69, 9.17) is 4.74 Å². The number of amides is 1. The Balaban J connectivity index is 1.52. The minimum atomic E-state index is -0.322. The van der Waals surface area contributed by atoms with E-state index in [-0.39, 0.29) is 30.1 Å². The highest BCUT2D eigenvalue weighted by molar-refractivity contribution is 5.80. The number of carbonyl (C=O) groups excluding carboxylic acids is 1. The zero-order valence-electron chi connectivity index (χ0n) is 17.0. The highest BCUT2D eigenvalue weighted by Crippen LogP contribution is 2.36. The first-order chi connectivity index (χ1) is 13.5. The quantitative estimate of drug-likeness (QED) is 0.785. The molecule has 1 amide bonds. The Hall–Kier alpha value is -1.48. The van der Waals surface area contributed by atoms with E-state index in [2.05, 4.69) is 21.9 Å². The Kier molecular flexibility index (Phi) is 6.01. The number of aryl methyl sites for hydroxylation is 1. The second-order valence-electron chi connectivity index (χ2n) is 8.61. The maximum atomic E-state index is 13.2. The molecule has 8 nitrogen and oxygen atoms in total. The smallest absolute Gasteiger partial charge is 0.226 e. The van der Waals surface area contributed by atoms with Gasteiger partial charge in [0.1, 0.15) is 0 Å². The van der Waals surface area contributed by atoms with Crippen molar-refractivity contribution in [1.29, 1.82) is 0 Å². The van der Waals surface area contributed by atoms with Crippen LogP contribution in [0.15, 0.2) is 12.4 Å². The number of morpholine rings is 1. The Morgan fingerprint density at radius 3 is 2.75 bits per heavy atom. The van der Waals surface area contributed by atoms with Crippen molar-refractivity contribution < 1.29 is 14.6 Å². The summed E-state index contributed by atoms with van der Waals surface area (Å²) in [6.45, 7) is 6.27. The molecule has 2 aliphatic heterocycles. The van der Waals surface area contributed by atoms with Crippen LogP contribution in [-0.2, 0) is 16.6 Å². The molecule has 4 rings (SSSR count). The Morgan fingerprint density at radius 1 is 1.21 bits per heavy atom. The summed E-state index contributed by atoms with van der Waals surface area (Å²) >= 11 is 0. The Bertz CT molecular complexity index is 675. The molecule has 1 aliphatic carbocycles. The molecule has 3 aliphatic rings. The van der Waals surface area contributed by atoms with Crippen LogP contribution in [0.3, 0.4) is 0 Å². The number of nitrogens with zero attached hydrogens (tertiary/aromatic N) is 5. The first-order valence-electron chi connectivity index (χ1n) is 10.5. The molecule has 2 saturated heterocycles. The molecular formula is C20H33N5O3. The minimum Gasteiger partial charge on any atom is -0.393 e. The third-order valence-corrected chi connectivity index (χ3v) is 6.41. The Labute approximate surface area is 167 Å². The summed E-state index contributed by atoms with van der Waals surface area (Å²) in [4.78, 5) is 20.0. The number of aromatic nitrogens is 2. The van der Waals surface area contributed by atoms with Crippen LogP contribution in [0.5, 0.6) is 0 Å². The van der Waals surface area contributed by atoms with Crippen LogP contribution in [0.25, 0.3) is 0 Å². The van der Waals surface area contributed by atoms with Gasteiger partial charge in [-0.05, 0) is 39.4 Å². The van der Waals surface area contributed by atoms with Gasteiger partial charge in [0.05, 0.1) is 31.1 Å². The standard InChI is InChI=1S/C20H33N5O3/c1-22-4-3-5-24(7-6-22)14-18-19(16-12-21-23(2)13-16)25(8-9-28-18)20(27)15-10-17(26)11-15/h12-13,15,17-19,26H,3-11,14H2,1-2H3/t15?,17?,18-,19-/m0/s1. The van der Waals surface area contributed by atoms with Gasteiger partial charge in [-0.2, -0.15) is 5.10 Å². The molecular weight excluding hydrogens is 358 g/mol. The van der Waals surface area contributed by atoms with Gasteiger partial charge in [-0.3, -0.25) is 14.4 Å². The van der Waals surface area contributed by atoms with Crippen LogP contribution in [0, 0.1) is 5.92 Å². The lowest BCUT2D eigenvalue weighted by atomic mass is 9.80. The molecule has 156 valence electrons. The summed E-state index contributed by atoms with van der Waals surface area (Å²) in [6.07, 6.45) is 5.80. The molecule has 0 bridgehead atoms. The lowest BCUT2D eigenvalue weighted by Gasteiger charge is -2.45. The second-order valence-corrected chi connectivity index (χ2v) is 8.61. The molecule has 1 N–H and O–H groups in total. The fourth-order valence-electron chi connectivity index (χ4n) is 4.68. The molecule has 8 heteroatoms. The minimum absolute atomic E-state index is 0.0558. The zero-order valence-corrected chi connectivity index (χ0v) is 17.0. The summed E-state index contributed by atoms with van der Waals surface area (Å²) in [7, 11) is 4.08. The van der Waals surface area contributed by atoms with E-state index in [0.29, 0.717) is 26.0 Å². The average molecular weight is 392 g/mol. The highest BCUT2D eigenvalue weighted by Gasteiger charge is 2.43. The number of aliphatic hydroxyl groups excluding tert-OH is 1. The topological polar surface area (TPSA) is 74.1 Å². The summed E-state index contributed by atoms with van der Waals surface area (Å²) in [5, 5.41) is 14.0. The van der Waals surface area contributed by atoms with Crippen LogP contribution in [0.1, 0.15) is 30.9 Å². The summed E-state index contributed by atoms with van der Waals surface area (Å²) in [6, 6.07) is -0.117. The lowest BCUT2D eigenvalue weighted by molar-refractivity contribution is -0.158. The van der Waals surface area contributed by atoms with E-state index >= 15 is 0 Å². The van der Waals surface area contributed by atoms with Crippen LogP contribution < -0.4 is 0 Å². The predicted octanol–water partition coefficient (Wildman–Crippen LogP) is 0.0970. The number of hydrogen-bond acceptors (Lipinski definition) is 6. The van der Waals surface area contributed by atoms with Gasteiger partial charge in [-0.25, -0.2) is 0 Å². The number of rotatable bonds is 4. The molecule has 0 unspecified atom stereocenters. The maximum absolute atomic E-state index is 13.2. The third kappa shape index (κ3) is 4.25. The Morgan fingerprint density at radius 2 is 2.04 bits per heavy atom. The van der Waals surface area contributed by atoms with Gasteiger partial charge in [0, 0.05) is 50.9 Å². The van der Waals surface area contributed by atoms with Crippen molar-refractivity contribution in [2.24, 2.45) is 13.0 Å². The number of hydrogen-bond donors (Lipinski definition) is 1. The molecule has 3 fully saturated rings. The molecule has 1 aromatic heterocycles. The molecule has 2 atom stereocenters. The largest absolute Gasteiger partial charge is 0.393 e. The molecule has 1 saturated carbocycles. The summed E-state index contributed by atoms with van der Waals surface area (Å²) in [5.41, 5.74) is 1.03. The molecule has 0 aromatic carbocycles. The predicted molar refractivity (Wildman–Crippen MR) is 105 cm³/mol. The number of carbonyl (C=O) groups is 1. The van der Waals surface area contributed by atoms with Crippen molar-refractivity contribution in [1.82, 2.24) is 24.5 Å². The van der Waals surface area contributed by atoms with Gasteiger partial charge in [0.25, 0.3) is 0 Å². The van der Waals surface area contributed by atoms with Crippen molar-refractivity contribution >= 4 is 5.91 Å². The van der Waals surface area contributed by atoms with E-state index in [1.54, 1.807) is 4.68 Å². The average Bonchev–Trinajstić information content (AvgIpc) is 2.97. The van der Waals surface area contributed by atoms with E-state index in [9.17, 15) is 9.90 Å². The van der Waals surface area contributed by atoms with Crippen molar-refractivity contribution in [2.45, 2.75) is 37.5 Å². The zero-order chi connectivity index (χ0) is 19.7. The molecule has 0 spiro atoms. The summed E-state index contributed by atoms with van der Waals surface area (Å²) in [5.74, 6) is 0.0998.